The third kappa shape index (κ3) is 4.06. The molecule has 1 N–H and O–H groups in total. The van der Waals surface area contributed by atoms with Crippen molar-refractivity contribution >= 4 is 41.4 Å². The molecule has 0 radical (unpaired) electrons. The first-order valence-electron chi connectivity index (χ1n) is 10.3. The van der Waals surface area contributed by atoms with Crippen LogP contribution in [-0.4, -0.2) is 60.4 Å². The van der Waals surface area contributed by atoms with Gasteiger partial charge in [-0.1, -0.05) is 18.7 Å². The van der Waals surface area contributed by atoms with Crippen LogP contribution < -0.4 is 0 Å². The maximum Gasteiger partial charge on any atom is 0.333 e. The van der Waals surface area contributed by atoms with Gasteiger partial charge in [-0.15, -0.1) is 0 Å². The molecule has 3 atom stereocenters. The van der Waals surface area contributed by atoms with Crippen LogP contribution >= 0.6 is 12.0 Å². The summed E-state index contributed by atoms with van der Waals surface area (Å²) in [6, 6.07) is 8.96. The number of β-lactam (4-membered cyclic amide) rings is 1. The van der Waals surface area contributed by atoms with Gasteiger partial charge < -0.3 is 14.2 Å². The lowest BCUT2D eigenvalue weighted by Gasteiger charge is -2.50. The van der Waals surface area contributed by atoms with Crippen LogP contribution in [0.3, 0.4) is 0 Å². The zero-order chi connectivity index (χ0) is 25.4. The molecule has 4 rings (SSSR count). The SMILES string of the molecule is C=C(C)[C@@H](C(=O)OCc1ccc([N+](=O)[O-])cc1)N1C(=O)[C@@H](N2C(=O)c3ccccc3C2=O)C1SO. The number of esters is 1. The third-order valence-electron chi connectivity index (χ3n) is 5.76. The van der Waals surface area contributed by atoms with Crippen LogP contribution in [0.25, 0.3) is 0 Å². The summed E-state index contributed by atoms with van der Waals surface area (Å²) >= 11 is 0.229. The summed E-state index contributed by atoms with van der Waals surface area (Å²) in [5, 5.41) is 9.67. The monoisotopic (exact) mass is 497 g/mol. The Morgan fingerprint density at radius 2 is 1.71 bits per heavy atom. The molecular formula is C23H19N3O8S. The van der Waals surface area contributed by atoms with Gasteiger partial charge in [0.05, 0.1) is 16.1 Å². The highest BCUT2D eigenvalue weighted by Crippen LogP contribution is 2.39. The van der Waals surface area contributed by atoms with E-state index in [0.29, 0.717) is 5.56 Å². The molecular weight excluding hydrogens is 478 g/mol. The number of carbonyl (C=O) groups excluding carboxylic acids is 4. The third-order valence-corrected chi connectivity index (χ3v) is 6.46. The smallest absolute Gasteiger partial charge is 0.333 e. The molecule has 0 aromatic heterocycles. The van der Waals surface area contributed by atoms with E-state index >= 15 is 0 Å². The van der Waals surface area contributed by atoms with Crippen LogP contribution in [0.4, 0.5) is 5.69 Å². The number of rotatable bonds is 8. The molecule has 1 saturated heterocycles. The Morgan fingerprint density at radius 1 is 1.14 bits per heavy atom. The van der Waals surface area contributed by atoms with E-state index in [2.05, 4.69) is 6.58 Å². The maximum absolute atomic E-state index is 13.1. The Balaban J connectivity index is 1.50. The van der Waals surface area contributed by atoms with Crippen molar-refractivity contribution in [3.05, 3.63) is 87.5 Å². The topological polar surface area (TPSA) is 147 Å². The molecule has 1 unspecified atom stereocenters. The van der Waals surface area contributed by atoms with E-state index in [4.69, 9.17) is 4.74 Å². The largest absolute Gasteiger partial charge is 0.459 e. The summed E-state index contributed by atoms with van der Waals surface area (Å²) in [6.07, 6.45) is 0. The number of benzene rings is 2. The molecule has 0 spiro atoms. The molecule has 1 fully saturated rings. The van der Waals surface area contributed by atoms with Gasteiger partial charge in [0.25, 0.3) is 23.4 Å². The number of likely N-dealkylation sites (tertiary alicyclic amines) is 1. The van der Waals surface area contributed by atoms with Crippen molar-refractivity contribution in [2.24, 2.45) is 0 Å². The molecule has 0 aliphatic carbocycles. The molecule has 0 saturated carbocycles. The molecule has 2 heterocycles. The molecule has 2 aliphatic heterocycles. The van der Waals surface area contributed by atoms with Crippen LogP contribution in [0, 0.1) is 10.1 Å². The predicted octanol–water partition coefficient (Wildman–Crippen LogP) is 2.62. The lowest BCUT2D eigenvalue weighted by molar-refractivity contribution is -0.384. The van der Waals surface area contributed by atoms with E-state index in [9.17, 15) is 33.8 Å². The molecule has 180 valence electrons. The molecule has 11 nitrogen and oxygen atoms in total. The zero-order valence-corrected chi connectivity index (χ0v) is 19.1. The average Bonchev–Trinajstić information content (AvgIpc) is 3.09. The Kier molecular flexibility index (Phi) is 6.41. The Morgan fingerprint density at radius 3 is 2.20 bits per heavy atom. The lowest BCUT2D eigenvalue weighted by atomic mass is 9.98. The number of fused-ring (bicyclic) bond motifs is 1. The standard InChI is InChI=1S/C23H19N3O8S/c1-12(2)17(23(30)34-11-13-7-9-14(10-8-13)26(31)32)25-21(29)18(22(25)35-33)24-19(27)15-5-3-4-6-16(15)20(24)28/h3-10,17-18,22,33H,1,11H2,2H3/t17-,18+,22?/m0/s1. The van der Waals surface area contributed by atoms with Gasteiger partial charge in [0.1, 0.15) is 12.0 Å². The summed E-state index contributed by atoms with van der Waals surface area (Å²) in [7, 11) is 0. The van der Waals surface area contributed by atoms with E-state index in [0.717, 1.165) is 9.80 Å². The molecule has 0 bridgehead atoms. The summed E-state index contributed by atoms with van der Waals surface area (Å²) in [5.74, 6) is -2.87. The van der Waals surface area contributed by atoms with Crippen LogP contribution in [0.1, 0.15) is 33.2 Å². The van der Waals surface area contributed by atoms with Crippen molar-refractivity contribution in [2.45, 2.75) is 31.0 Å². The maximum atomic E-state index is 13.1. The van der Waals surface area contributed by atoms with Gasteiger partial charge in [0.2, 0.25) is 0 Å². The van der Waals surface area contributed by atoms with Gasteiger partial charge in [0.15, 0.2) is 12.1 Å². The Labute approximate surface area is 203 Å². The average molecular weight is 497 g/mol. The number of carbonyl (C=O) groups is 4. The van der Waals surface area contributed by atoms with Gasteiger partial charge >= 0.3 is 5.97 Å². The number of nitro groups is 1. The normalized spacial score (nSPS) is 19.8. The second-order valence-corrected chi connectivity index (χ2v) is 8.69. The van der Waals surface area contributed by atoms with Gasteiger partial charge in [-0.2, -0.15) is 0 Å². The van der Waals surface area contributed by atoms with Crippen molar-refractivity contribution < 1.29 is 33.4 Å². The Hall–Kier alpha value is -4.03. The first kappa shape index (κ1) is 24.1. The van der Waals surface area contributed by atoms with Crippen molar-refractivity contribution in [1.82, 2.24) is 9.80 Å². The van der Waals surface area contributed by atoms with Crippen molar-refractivity contribution in [3.63, 3.8) is 0 Å². The van der Waals surface area contributed by atoms with E-state index in [1.807, 2.05) is 0 Å². The van der Waals surface area contributed by atoms with Crippen LogP contribution in [0.15, 0.2) is 60.7 Å². The molecule has 2 aliphatic rings. The number of nitro benzene ring substituents is 1. The number of imide groups is 1. The zero-order valence-electron chi connectivity index (χ0n) is 18.3. The van der Waals surface area contributed by atoms with Crippen molar-refractivity contribution in [1.29, 1.82) is 0 Å². The van der Waals surface area contributed by atoms with Crippen molar-refractivity contribution in [2.75, 3.05) is 0 Å². The number of amides is 3. The van der Waals surface area contributed by atoms with E-state index in [-0.39, 0.29) is 41.0 Å². The number of nitrogens with zero attached hydrogens (tertiary/aromatic N) is 3. The number of non-ortho nitro benzene ring substituents is 1. The molecule has 2 aromatic carbocycles. The Bertz CT molecular complexity index is 1230. The van der Waals surface area contributed by atoms with E-state index in [1.165, 1.54) is 43.3 Å². The molecule has 3 amide bonds. The van der Waals surface area contributed by atoms with Crippen LogP contribution in [-0.2, 0) is 20.9 Å². The number of ether oxygens (including phenoxy) is 1. The fraction of sp³-hybridized carbons (Fsp3) is 0.217. The lowest BCUT2D eigenvalue weighted by Crippen LogP contribution is -2.73. The number of hydrogen-bond acceptors (Lipinski definition) is 9. The molecule has 2 aromatic rings. The first-order chi connectivity index (χ1) is 16.7. The summed E-state index contributed by atoms with van der Waals surface area (Å²) in [4.78, 5) is 63.7. The minimum Gasteiger partial charge on any atom is -0.459 e. The minimum absolute atomic E-state index is 0.118. The quantitative estimate of drug-likeness (QED) is 0.111. The second kappa shape index (κ2) is 9.31. The van der Waals surface area contributed by atoms with Gasteiger partial charge in [-0.05, 0) is 42.3 Å². The van der Waals surface area contributed by atoms with Crippen LogP contribution in [0.5, 0.6) is 0 Å². The fourth-order valence-corrected chi connectivity index (χ4v) is 4.73. The van der Waals surface area contributed by atoms with Crippen LogP contribution in [0.2, 0.25) is 0 Å². The summed E-state index contributed by atoms with van der Waals surface area (Å²) < 4.78 is 15.2. The van der Waals surface area contributed by atoms with Gasteiger partial charge in [-0.3, -0.25) is 29.4 Å². The second-order valence-electron chi connectivity index (χ2n) is 7.99. The number of hydrogen-bond donors (Lipinski definition) is 1. The predicted molar refractivity (Wildman–Crippen MR) is 123 cm³/mol. The van der Waals surface area contributed by atoms with E-state index < -0.39 is 46.1 Å². The highest BCUT2D eigenvalue weighted by atomic mass is 32.2. The summed E-state index contributed by atoms with van der Waals surface area (Å²) in [6.45, 7) is 5.02. The summed E-state index contributed by atoms with van der Waals surface area (Å²) in [5.41, 5.74) is 0.921. The van der Waals surface area contributed by atoms with Gasteiger partial charge in [-0.25, -0.2) is 4.79 Å². The highest BCUT2D eigenvalue weighted by molar-refractivity contribution is 7.94. The fourth-order valence-electron chi connectivity index (χ4n) is 4.05. The van der Waals surface area contributed by atoms with Crippen molar-refractivity contribution in [3.8, 4) is 0 Å². The highest BCUT2D eigenvalue weighted by Gasteiger charge is 2.60. The first-order valence-corrected chi connectivity index (χ1v) is 11.2. The molecule has 12 heteroatoms. The molecule has 35 heavy (non-hydrogen) atoms. The minimum atomic E-state index is -1.30. The van der Waals surface area contributed by atoms with E-state index in [1.54, 1.807) is 12.1 Å². The van der Waals surface area contributed by atoms with Gasteiger partial charge in [0, 0.05) is 24.2 Å².